The number of aliphatic hydroxyl groups is 1. The molecule has 3 rings (SSSR count). The lowest BCUT2D eigenvalue weighted by Gasteiger charge is -2.25. The van der Waals surface area contributed by atoms with Crippen LogP contribution in [0.25, 0.3) is 0 Å². The SMILES string of the molecule is O=C1NC2=C(C(=O)N(CCCO)C2)[C@@H](c2ccc(Cl)cc2)N1. The lowest BCUT2D eigenvalue weighted by atomic mass is 9.96. The number of carbonyl (C=O) groups is 2. The van der Waals surface area contributed by atoms with Crippen LogP contribution in [0.4, 0.5) is 4.79 Å². The number of nitrogens with one attached hydrogen (secondary N) is 2. The molecule has 1 atom stereocenters. The minimum atomic E-state index is -0.479. The van der Waals surface area contributed by atoms with Crippen molar-refractivity contribution in [3.63, 3.8) is 0 Å². The Hall–Kier alpha value is -2.05. The van der Waals surface area contributed by atoms with E-state index in [0.29, 0.717) is 35.8 Å². The van der Waals surface area contributed by atoms with Crippen LogP contribution in [0, 0.1) is 0 Å². The number of rotatable bonds is 4. The predicted octanol–water partition coefficient (Wildman–Crippen LogP) is 1.17. The van der Waals surface area contributed by atoms with Gasteiger partial charge in [-0.3, -0.25) is 4.79 Å². The number of halogens is 1. The molecule has 2 heterocycles. The van der Waals surface area contributed by atoms with Crippen LogP contribution in [0.2, 0.25) is 5.02 Å². The van der Waals surface area contributed by atoms with Crippen LogP contribution in [-0.2, 0) is 4.79 Å². The largest absolute Gasteiger partial charge is 0.396 e. The maximum absolute atomic E-state index is 12.6. The Kier molecular flexibility index (Phi) is 4.04. The summed E-state index contributed by atoms with van der Waals surface area (Å²) in [6, 6.07) is 6.26. The minimum absolute atomic E-state index is 0.0274. The van der Waals surface area contributed by atoms with E-state index in [1.54, 1.807) is 29.2 Å². The fraction of sp³-hybridized carbons (Fsp3) is 0.333. The van der Waals surface area contributed by atoms with Crippen molar-refractivity contribution >= 4 is 23.5 Å². The maximum Gasteiger partial charge on any atom is 0.319 e. The van der Waals surface area contributed by atoms with Crippen molar-refractivity contribution < 1.29 is 14.7 Å². The number of hydrogen-bond acceptors (Lipinski definition) is 3. The Morgan fingerprint density at radius 3 is 2.68 bits per heavy atom. The van der Waals surface area contributed by atoms with Gasteiger partial charge in [0.1, 0.15) is 0 Å². The highest BCUT2D eigenvalue weighted by atomic mass is 35.5. The molecular formula is C15H16ClN3O3. The molecule has 3 amide bonds. The first kappa shape index (κ1) is 14.9. The van der Waals surface area contributed by atoms with E-state index in [1.165, 1.54) is 0 Å². The Labute approximate surface area is 132 Å². The second-order valence-electron chi connectivity index (χ2n) is 5.28. The summed E-state index contributed by atoms with van der Waals surface area (Å²) in [5.74, 6) is -0.115. The lowest BCUT2D eigenvalue weighted by Crippen LogP contribution is -2.44. The molecule has 1 aromatic carbocycles. The molecule has 0 saturated carbocycles. The van der Waals surface area contributed by atoms with Gasteiger partial charge in [-0.15, -0.1) is 0 Å². The fourth-order valence-corrected chi connectivity index (χ4v) is 2.90. The molecule has 2 aliphatic rings. The molecule has 3 N–H and O–H groups in total. The first-order chi connectivity index (χ1) is 10.6. The standard InChI is InChI=1S/C15H16ClN3O3/c16-10-4-2-9(3-5-10)13-12-11(17-15(22)18-13)8-19(14(12)21)6-1-7-20/h2-5,13,20H,1,6-8H2,(H2,17,18,22)/t13-/m1/s1. The van der Waals surface area contributed by atoms with E-state index in [9.17, 15) is 9.59 Å². The molecule has 2 aliphatic heterocycles. The maximum atomic E-state index is 12.6. The van der Waals surface area contributed by atoms with Gasteiger partial charge in [-0.1, -0.05) is 23.7 Å². The third kappa shape index (κ3) is 2.67. The van der Waals surface area contributed by atoms with Gasteiger partial charge in [-0.25, -0.2) is 4.79 Å². The molecule has 0 saturated heterocycles. The molecule has 22 heavy (non-hydrogen) atoms. The topological polar surface area (TPSA) is 81.7 Å². The van der Waals surface area contributed by atoms with Gasteiger partial charge in [0.05, 0.1) is 23.9 Å². The molecule has 7 heteroatoms. The lowest BCUT2D eigenvalue weighted by molar-refractivity contribution is -0.125. The predicted molar refractivity (Wildman–Crippen MR) is 81.2 cm³/mol. The smallest absolute Gasteiger partial charge is 0.319 e. The van der Waals surface area contributed by atoms with Crippen molar-refractivity contribution in [2.45, 2.75) is 12.5 Å². The number of benzene rings is 1. The van der Waals surface area contributed by atoms with Crippen LogP contribution < -0.4 is 10.6 Å². The molecular weight excluding hydrogens is 306 g/mol. The number of aliphatic hydroxyl groups excluding tert-OH is 1. The highest BCUT2D eigenvalue weighted by Crippen LogP contribution is 2.32. The molecule has 1 aromatic rings. The number of urea groups is 1. The zero-order valence-electron chi connectivity index (χ0n) is 11.8. The Morgan fingerprint density at radius 1 is 1.27 bits per heavy atom. The molecule has 0 aliphatic carbocycles. The van der Waals surface area contributed by atoms with Gasteiger partial charge in [0.15, 0.2) is 0 Å². The summed E-state index contributed by atoms with van der Waals surface area (Å²) in [7, 11) is 0. The third-order valence-electron chi connectivity index (χ3n) is 3.81. The van der Waals surface area contributed by atoms with E-state index in [2.05, 4.69) is 10.6 Å². The molecule has 0 unspecified atom stereocenters. The van der Waals surface area contributed by atoms with Crippen molar-refractivity contribution in [3.8, 4) is 0 Å². The first-order valence-electron chi connectivity index (χ1n) is 7.06. The van der Waals surface area contributed by atoms with E-state index in [1.807, 2.05) is 0 Å². The summed E-state index contributed by atoms with van der Waals surface area (Å²) in [6.07, 6.45) is 0.513. The zero-order chi connectivity index (χ0) is 15.7. The minimum Gasteiger partial charge on any atom is -0.396 e. The molecule has 0 spiro atoms. The first-order valence-corrected chi connectivity index (χ1v) is 7.44. The summed E-state index contributed by atoms with van der Waals surface area (Å²) >= 11 is 5.89. The van der Waals surface area contributed by atoms with Gasteiger partial charge in [0.25, 0.3) is 5.91 Å². The second kappa shape index (κ2) is 5.98. The van der Waals surface area contributed by atoms with Crippen molar-refractivity contribution in [3.05, 3.63) is 46.1 Å². The highest BCUT2D eigenvalue weighted by molar-refractivity contribution is 6.30. The zero-order valence-corrected chi connectivity index (χ0v) is 12.6. The van der Waals surface area contributed by atoms with Crippen molar-refractivity contribution in [2.75, 3.05) is 19.7 Å². The number of carbonyl (C=O) groups excluding carboxylic acids is 2. The average Bonchev–Trinajstić information content (AvgIpc) is 2.81. The van der Waals surface area contributed by atoms with Crippen LogP contribution in [-0.4, -0.2) is 41.6 Å². The van der Waals surface area contributed by atoms with Crippen molar-refractivity contribution in [1.82, 2.24) is 15.5 Å². The van der Waals surface area contributed by atoms with Gasteiger partial charge in [-0.05, 0) is 24.1 Å². The molecule has 116 valence electrons. The molecule has 6 nitrogen and oxygen atoms in total. The molecule has 0 radical (unpaired) electrons. The van der Waals surface area contributed by atoms with Gasteiger partial charge in [0, 0.05) is 18.2 Å². The third-order valence-corrected chi connectivity index (χ3v) is 4.06. The summed E-state index contributed by atoms with van der Waals surface area (Å²) < 4.78 is 0. The summed E-state index contributed by atoms with van der Waals surface area (Å²) in [4.78, 5) is 26.0. The number of nitrogens with zero attached hydrogens (tertiary/aromatic N) is 1. The van der Waals surface area contributed by atoms with Gasteiger partial charge >= 0.3 is 6.03 Å². The van der Waals surface area contributed by atoms with Crippen LogP contribution in [0.15, 0.2) is 35.5 Å². The van der Waals surface area contributed by atoms with E-state index >= 15 is 0 Å². The molecule has 0 fully saturated rings. The Morgan fingerprint density at radius 2 is 2.00 bits per heavy atom. The normalized spacial score (nSPS) is 20.8. The Balaban J connectivity index is 1.90. The van der Waals surface area contributed by atoms with Gasteiger partial charge in [-0.2, -0.15) is 0 Å². The van der Waals surface area contributed by atoms with Crippen molar-refractivity contribution in [1.29, 1.82) is 0 Å². The van der Waals surface area contributed by atoms with Crippen molar-refractivity contribution in [2.24, 2.45) is 0 Å². The number of amides is 3. The summed E-state index contributed by atoms with van der Waals surface area (Å²) in [5.41, 5.74) is 2.00. The van der Waals surface area contributed by atoms with Crippen LogP contribution in [0.1, 0.15) is 18.0 Å². The Bertz CT molecular complexity index is 642. The van der Waals surface area contributed by atoms with Gasteiger partial charge < -0.3 is 20.6 Å². The van der Waals surface area contributed by atoms with Crippen LogP contribution in [0.3, 0.4) is 0 Å². The monoisotopic (exact) mass is 321 g/mol. The van der Waals surface area contributed by atoms with Crippen LogP contribution >= 0.6 is 11.6 Å². The van der Waals surface area contributed by atoms with E-state index in [0.717, 1.165) is 5.56 Å². The van der Waals surface area contributed by atoms with Gasteiger partial charge in [0.2, 0.25) is 0 Å². The second-order valence-corrected chi connectivity index (χ2v) is 5.72. The van der Waals surface area contributed by atoms with E-state index in [4.69, 9.17) is 16.7 Å². The quantitative estimate of drug-likeness (QED) is 0.778. The summed E-state index contributed by atoms with van der Waals surface area (Å²) in [5, 5.41) is 15.0. The molecule has 0 bridgehead atoms. The van der Waals surface area contributed by atoms with E-state index < -0.39 is 6.04 Å². The summed E-state index contributed by atoms with van der Waals surface area (Å²) in [6.45, 7) is 0.858. The van der Waals surface area contributed by atoms with E-state index in [-0.39, 0.29) is 18.5 Å². The highest BCUT2D eigenvalue weighted by Gasteiger charge is 2.39. The fourth-order valence-electron chi connectivity index (χ4n) is 2.78. The average molecular weight is 322 g/mol. The number of hydrogen-bond donors (Lipinski definition) is 3. The van der Waals surface area contributed by atoms with Crippen LogP contribution in [0.5, 0.6) is 0 Å². The molecule has 0 aromatic heterocycles.